The van der Waals surface area contributed by atoms with E-state index in [9.17, 15) is 13.6 Å². The number of carbonyl (C=O) groups excluding carboxylic acids is 1. The van der Waals surface area contributed by atoms with Crippen LogP contribution in [-0.4, -0.2) is 35.1 Å². The molecule has 1 aromatic rings. The zero-order valence-electron chi connectivity index (χ0n) is 12.0. The minimum atomic E-state index is -0.960. The Morgan fingerprint density at radius 1 is 1.24 bits per heavy atom. The molecule has 0 aliphatic heterocycles. The Balaban J connectivity index is 2.09. The maximum atomic E-state index is 13.7. The molecule has 0 unspecified atom stereocenters. The second-order valence-corrected chi connectivity index (χ2v) is 5.49. The van der Waals surface area contributed by atoms with Crippen molar-refractivity contribution in [3.05, 3.63) is 35.4 Å². The van der Waals surface area contributed by atoms with Crippen molar-refractivity contribution in [2.75, 3.05) is 13.2 Å². The van der Waals surface area contributed by atoms with Crippen molar-refractivity contribution in [2.24, 2.45) is 0 Å². The highest BCUT2D eigenvalue weighted by Gasteiger charge is 2.25. The smallest absolute Gasteiger partial charge is 0.227 e. The number of aliphatic hydroxyl groups excluding tert-OH is 1. The Kier molecular flexibility index (Phi) is 5.67. The second-order valence-electron chi connectivity index (χ2n) is 5.49. The van der Waals surface area contributed by atoms with Gasteiger partial charge in [0.05, 0.1) is 13.0 Å². The summed E-state index contributed by atoms with van der Waals surface area (Å²) in [5.74, 6) is -2.15. The van der Waals surface area contributed by atoms with E-state index in [0.717, 1.165) is 38.2 Å². The zero-order valence-corrected chi connectivity index (χ0v) is 12.0. The van der Waals surface area contributed by atoms with Crippen LogP contribution in [0.2, 0.25) is 0 Å². The van der Waals surface area contributed by atoms with Crippen LogP contribution < -0.4 is 0 Å². The molecule has 1 aliphatic carbocycles. The number of carbonyl (C=O) groups is 1. The molecule has 0 aromatic heterocycles. The van der Waals surface area contributed by atoms with Gasteiger partial charge >= 0.3 is 0 Å². The fraction of sp³-hybridized carbons (Fsp3) is 0.562. The van der Waals surface area contributed by atoms with Crippen molar-refractivity contribution in [3.63, 3.8) is 0 Å². The monoisotopic (exact) mass is 297 g/mol. The normalized spacial score (nSPS) is 16.0. The van der Waals surface area contributed by atoms with Crippen molar-refractivity contribution in [2.45, 2.75) is 44.6 Å². The molecular weight excluding hydrogens is 276 g/mol. The SMILES string of the molecule is O=C(Cc1cccc(F)c1F)N(CCO)C1CCCCC1. The van der Waals surface area contributed by atoms with Gasteiger partial charge in [-0.15, -0.1) is 0 Å². The molecule has 0 saturated heterocycles. The van der Waals surface area contributed by atoms with Crippen molar-refractivity contribution in [1.82, 2.24) is 4.90 Å². The lowest BCUT2D eigenvalue weighted by atomic mass is 9.93. The van der Waals surface area contributed by atoms with Crippen molar-refractivity contribution >= 4 is 5.91 Å². The maximum Gasteiger partial charge on any atom is 0.227 e. The molecular formula is C16H21F2NO2. The topological polar surface area (TPSA) is 40.5 Å². The summed E-state index contributed by atoms with van der Waals surface area (Å²) in [6.45, 7) is 0.133. The summed E-state index contributed by atoms with van der Waals surface area (Å²) in [7, 11) is 0. The molecule has 1 fully saturated rings. The van der Waals surface area contributed by atoms with E-state index >= 15 is 0 Å². The van der Waals surface area contributed by atoms with E-state index in [4.69, 9.17) is 5.11 Å². The number of nitrogens with zero attached hydrogens (tertiary/aromatic N) is 1. The van der Waals surface area contributed by atoms with Gasteiger partial charge < -0.3 is 10.0 Å². The number of hydrogen-bond donors (Lipinski definition) is 1. The molecule has 0 atom stereocenters. The van der Waals surface area contributed by atoms with Gasteiger partial charge in [-0.25, -0.2) is 8.78 Å². The van der Waals surface area contributed by atoms with E-state index in [1.807, 2.05) is 0 Å². The van der Waals surface area contributed by atoms with Gasteiger partial charge in [0.15, 0.2) is 11.6 Å². The van der Waals surface area contributed by atoms with Gasteiger partial charge in [0, 0.05) is 18.2 Å². The first-order valence-corrected chi connectivity index (χ1v) is 7.46. The Labute approximate surface area is 123 Å². The van der Waals surface area contributed by atoms with Gasteiger partial charge in [0.1, 0.15) is 0 Å². The molecule has 21 heavy (non-hydrogen) atoms. The predicted octanol–water partition coefficient (Wildman–Crippen LogP) is 2.66. The van der Waals surface area contributed by atoms with Crippen molar-refractivity contribution in [1.29, 1.82) is 0 Å². The van der Waals surface area contributed by atoms with Crippen LogP contribution in [0.5, 0.6) is 0 Å². The highest BCUT2D eigenvalue weighted by Crippen LogP contribution is 2.23. The third-order valence-electron chi connectivity index (χ3n) is 4.05. The average Bonchev–Trinajstić information content (AvgIpc) is 2.50. The van der Waals surface area contributed by atoms with E-state index in [0.29, 0.717) is 0 Å². The summed E-state index contributed by atoms with van der Waals surface area (Å²) in [5.41, 5.74) is 0.0683. The molecule has 116 valence electrons. The molecule has 2 rings (SSSR count). The molecule has 1 amide bonds. The van der Waals surface area contributed by atoms with E-state index in [1.165, 1.54) is 12.1 Å². The molecule has 0 bridgehead atoms. The third-order valence-corrected chi connectivity index (χ3v) is 4.05. The molecule has 1 N–H and O–H groups in total. The number of hydrogen-bond acceptors (Lipinski definition) is 2. The summed E-state index contributed by atoms with van der Waals surface area (Å²) in [4.78, 5) is 14.0. The largest absolute Gasteiger partial charge is 0.395 e. The first kappa shape index (κ1) is 15.9. The van der Waals surface area contributed by atoms with E-state index in [1.54, 1.807) is 4.90 Å². The quantitative estimate of drug-likeness (QED) is 0.907. The molecule has 0 spiro atoms. The van der Waals surface area contributed by atoms with Crippen LogP contribution in [-0.2, 0) is 11.2 Å². The second kappa shape index (κ2) is 7.50. The maximum absolute atomic E-state index is 13.7. The van der Waals surface area contributed by atoms with Crippen molar-refractivity contribution < 1.29 is 18.7 Å². The van der Waals surface area contributed by atoms with Gasteiger partial charge in [0.25, 0.3) is 0 Å². The van der Waals surface area contributed by atoms with Crippen LogP contribution in [0.15, 0.2) is 18.2 Å². The molecule has 5 heteroatoms. The van der Waals surface area contributed by atoms with Gasteiger partial charge in [-0.3, -0.25) is 4.79 Å². The fourth-order valence-corrected chi connectivity index (χ4v) is 2.96. The Bertz CT molecular complexity index is 487. The van der Waals surface area contributed by atoms with Gasteiger partial charge in [-0.2, -0.15) is 0 Å². The standard InChI is InChI=1S/C16H21F2NO2/c17-14-8-4-5-12(16(14)18)11-15(21)19(9-10-20)13-6-2-1-3-7-13/h4-5,8,13,20H,1-3,6-7,9-11H2. The summed E-state index contributed by atoms with van der Waals surface area (Å²) < 4.78 is 26.9. The fourth-order valence-electron chi connectivity index (χ4n) is 2.96. The van der Waals surface area contributed by atoms with E-state index in [2.05, 4.69) is 0 Å². The first-order chi connectivity index (χ1) is 10.1. The number of amides is 1. The highest BCUT2D eigenvalue weighted by atomic mass is 19.2. The zero-order chi connectivity index (χ0) is 15.2. The highest BCUT2D eigenvalue weighted by molar-refractivity contribution is 5.79. The lowest BCUT2D eigenvalue weighted by molar-refractivity contribution is -0.134. The summed E-state index contributed by atoms with van der Waals surface area (Å²) >= 11 is 0. The van der Waals surface area contributed by atoms with Gasteiger partial charge in [-0.1, -0.05) is 31.4 Å². The van der Waals surface area contributed by atoms with Crippen LogP contribution in [0.1, 0.15) is 37.7 Å². The van der Waals surface area contributed by atoms with Crippen LogP contribution in [0.25, 0.3) is 0 Å². The lowest BCUT2D eigenvalue weighted by Gasteiger charge is -2.34. The Morgan fingerprint density at radius 2 is 1.95 bits per heavy atom. The number of benzene rings is 1. The first-order valence-electron chi connectivity index (χ1n) is 7.46. The third kappa shape index (κ3) is 4.00. The van der Waals surface area contributed by atoms with Crippen LogP contribution in [0.4, 0.5) is 8.78 Å². The minimum Gasteiger partial charge on any atom is -0.395 e. The molecule has 1 aliphatic rings. The summed E-state index contributed by atoms with van der Waals surface area (Å²) in [5, 5.41) is 9.15. The predicted molar refractivity (Wildman–Crippen MR) is 75.7 cm³/mol. The van der Waals surface area contributed by atoms with Gasteiger partial charge in [0.2, 0.25) is 5.91 Å². The number of halogens is 2. The van der Waals surface area contributed by atoms with Crippen LogP contribution in [0, 0.1) is 11.6 Å². The lowest BCUT2D eigenvalue weighted by Crippen LogP contribution is -2.44. The van der Waals surface area contributed by atoms with Crippen LogP contribution >= 0.6 is 0 Å². The number of rotatable bonds is 5. The molecule has 1 saturated carbocycles. The Hall–Kier alpha value is -1.49. The van der Waals surface area contributed by atoms with E-state index < -0.39 is 11.6 Å². The molecule has 0 radical (unpaired) electrons. The van der Waals surface area contributed by atoms with Gasteiger partial charge in [-0.05, 0) is 18.9 Å². The Morgan fingerprint density at radius 3 is 2.62 bits per heavy atom. The summed E-state index contributed by atoms with van der Waals surface area (Å²) in [6, 6.07) is 3.97. The molecule has 3 nitrogen and oxygen atoms in total. The summed E-state index contributed by atoms with van der Waals surface area (Å²) in [6.07, 6.45) is 4.95. The van der Waals surface area contributed by atoms with E-state index in [-0.39, 0.29) is 37.1 Å². The number of aliphatic hydroxyl groups is 1. The van der Waals surface area contributed by atoms with Crippen LogP contribution in [0.3, 0.4) is 0 Å². The molecule has 0 heterocycles. The van der Waals surface area contributed by atoms with Crippen molar-refractivity contribution in [3.8, 4) is 0 Å². The minimum absolute atomic E-state index is 0.0683. The molecule has 1 aromatic carbocycles. The average molecular weight is 297 g/mol.